The van der Waals surface area contributed by atoms with Crippen LogP contribution in [0.3, 0.4) is 0 Å². The predicted octanol–water partition coefficient (Wildman–Crippen LogP) is 2.75. The number of para-hydroxylation sites is 1. The van der Waals surface area contributed by atoms with Gasteiger partial charge in [0.15, 0.2) is 0 Å². The first-order valence-electron chi connectivity index (χ1n) is 4.37. The number of thioether (sulfide) groups is 1. The summed E-state index contributed by atoms with van der Waals surface area (Å²) in [5.74, 6) is 0.960. The summed E-state index contributed by atoms with van der Waals surface area (Å²) in [6.07, 6.45) is 1.09. The van der Waals surface area contributed by atoms with Gasteiger partial charge in [-0.05, 0) is 18.6 Å². The van der Waals surface area contributed by atoms with Gasteiger partial charge in [-0.3, -0.25) is 4.79 Å². The van der Waals surface area contributed by atoms with Gasteiger partial charge in [0.2, 0.25) is 0 Å². The summed E-state index contributed by atoms with van der Waals surface area (Å²) in [7, 11) is 0. The van der Waals surface area contributed by atoms with Gasteiger partial charge in [-0.15, -0.1) is 0 Å². The second-order valence-electron chi connectivity index (χ2n) is 2.96. The maximum Gasteiger partial charge on any atom is 0.286 e. The van der Waals surface area contributed by atoms with Crippen molar-refractivity contribution in [1.29, 1.82) is 0 Å². The zero-order valence-corrected chi connectivity index (χ0v) is 8.09. The molecule has 1 fully saturated rings. The van der Waals surface area contributed by atoms with E-state index in [1.54, 1.807) is 0 Å². The number of carbonyl (C=O) groups excluding carboxylic acids is 1. The Kier molecular flexibility index (Phi) is 2.54. The van der Waals surface area contributed by atoms with E-state index in [2.05, 4.69) is 0 Å². The summed E-state index contributed by atoms with van der Waals surface area (Å²) in [5, 5.41) is 0.178. The van der Waals surface area contributed by atoms with E-state index in [-0.39, 0.29) is 5.24 Å². The fourth-order valence-electron chi connectivity index (χ4n) is 1.39. The molecule has 1 aromatic carbocycles. The van der Waals surface area contributed by atoms with Crippen LogP contribution in [-0.4, -0.2) is 17.5 Å². The highest BCUT2D eigenvalue weighted by Gasteiger charge is 2.19. The van der Waals surface area contributed by atoms with Gasteiger partial charge < -0.3 is 4.90 Å². The van der Waals surface area contributed by atoms with Crippen LogP contribution in [0.4, 0.5) is 10.5 Å². The molecule has 1 heterocycles. The molecule has 0 radical (unpaired) electrons. The smallest absolute Gasteiger partial charge is 0.286 e. The van der Waals surface area contributed by atoms with Gasteiger partial charge in [0.1, 0.15) is 0 Å². The average molecular weight is 193 g/mol. The molecule has 0 spiro atoms. The molecule has 0 bridgehead atoms. The Morgan fingerprint density at radius 2 is 2.00 bits per heavy atom. The number of hydrogen-bond donors (Lipinski definition) is 0. The molecule has 0 saturated carbocycles. The molecular formula is C10H11NOS. The van der Waals surface area contributed by atoms with Crippen molar-refractivity contribution in [3.63, 3.8) is 0 Å². The largest absolute Gasteiger partial charge is 0.303 e. The second-order valence-corrected chi connectivity index (χ2v) is 4.00. The summed E-state index contributed by atoms with van der Waals surface area (Å²) < 4.78 is 0. The molecule has 1 aliphatic rings. The standard InChI is InChI=1S/C10H11NOS/c12-10-11(7-4-8-13-10)9-5-2-1-3-6-9/h1-3,5-6H,4,7-8H2. The third kappa shape index (κ3) is 1.86. The number of hydrogen-bond acceptors (Lipinski definition) is 2. The van der Waals surface area contributed by atoms with E-state index in [1.807, 2.05) is 35.2 Å². The van der Waals surface area contributed by atoms with Crippen LogP contribution >= 0.6 is 11.8 Å². The van der Waals surface area contributed by atoms with Gasteiger partial charge in [-0.1, -0.05) is 30.0 Å². The molecule has 13 heavy (non-hydrogen) atoms. The molecule has 3 heteroatoms. The summed E-state index contributed by atoms with van der Waals surface area (Å²) in [6.45, 7) is 0.857. The minimum atomic E-state index is 0.178. The Morgan fingerprint density at radius 3 is 2.69 bits per heavy atom. The Hall–Kier alpha value is -0.960. The molecule has 0 aromatic heterocycles. The molecule has 0 atom stereocenters. The topological polar surface area (TPSA) is 20.3 Å². The van der Waals surface area contributed by atoms with Crippen molar-refractivity contribution in [3.8, 4) is 0 Å². The molecule has 2 nitrogen and oxygen atoms in total. The SMILES string of the molecule is O=C1SCCCN1c1ccccc1. The molecule has 0 N–H and O–H groups in total. The number of rotatable bonds is 1. The van der Waals surface area contributed by atoms with E-state index in [4.69, 9.17) is 0 Å². The third-order valence-corrected chi connectivity index (χ3v) is 3.00. The molecule has 1 saturated heterocycles. The van der Waals surface area contributed by atoms with Crippen LogP contribution < -0.4 is 4.90 Å². The monoisotopic (exact) mass is 193 g/mol. The maximum absolute atomic E-state index is 11.5. The molecule has 1 aromatic rings. The van der Waals surface area contributed by atoms with Gasteiger partial charge in [0.25, 0.3) is 5.24 Å². The second kappa shape index (κ2) is 3.83. The van der Waals surface area contributed by atoms with Crippen LogP contribution in [0.25, 0.3) is 0 Å². The van der Waals surface area contributed by atoms with Crippen molar-refractivity contribution in [2.24, 2.45) is 0 Å². The molecule has 1 amide bonds. The highest BCUT2D eigenvalue weighted by molar-refractivity contribution is 8.13. The van der Waals surface area contributed by atoms with Gasteiger partial charge in [0, 0.05) is 18.0 Å². The number of benzene rings is 1. The van der Waals surface area contributed by atoms with E-state index in [0.717, 1.165) is 24.4 Å². The van der Waals surface area contributed by atoms with Crippen LogP contribution in [0.5, 0.6) is 0 Å². The zero-order chi connectivity index (χ0) is 9.10. The van der Waals surface area contributed by atoms with Crippen LogP contribution in [0.15, 0.2) is 30.3 Å². The van der Waals surface area contributed by atoms with Gasteiger partial charge >= 0.3 is 0 Å². The number of nitrogens with zero attached hydrogens (tertiary/aromatic N) is 1. The first-order valence-corrected chi connectivity index (χ1v) is 5.36. The van der Waals surface area contributed by atoms with Crippen molar-refractivity contribution in [1.82, 2.24) is 0 Å². The molecule has 0 unspecified atom stereocenters. The van der Waals surface area contributed by atoms with Crippen molar-refractivity contribution < 1.29 is 4.79 Å². The number of amides is 1. The normalized spacial score (nSPS) is 17.5. The lowest BCUT2D eigenvalue weighted by atomic mass is 10.3. The van der Waals surface area contributed by atoms with Crippen LogP contribution in [0, 0.1) is 0 Å². The molecule has 2 rings (SSSR count). The van der Waals surface area contributed by atoms with E-state index in [0.29, 0.717) is 0 Å². The average Bonchev–Trinajstić information content (AvgIpc) is 2.20. The summed E-state index contributed by atoms with van der Waals surface area (Å²) in [5.41, 5.74) is 1.01. The van der Waals surface area contributed by atoms with Crippen molar-refractivity contribution in [2.45, 2.75) is 6.42 Å². The lowest BCUT2D eigenvalue weighted by Crippen LogP contribution is -2.32. The third-order valence-electron chi connectivity index (χ3n) is 2.04. The van der Waals surface area contributed by atoms with Crippen molar-refractivity contribution in [3.05, 3.63) is 30.3 Å². The van der Waals surface area contributed by atoms with Gasteiger partial charge in [-0.2, -0.15) is 0 Å². The minimum Gasteiger partial charge on any atom is -0.303 e. The Bertz CT molecular complexity index is 299. The summed E-state index contributed by atoms with van der Waals surface area (Å²) in [6, 6.07) is 9.84. The number of carbonyl (C=O) groups is 1. The lowest BCUT2D eigenvalue weighted by Gasteiger charge is -2.25. The fourth-order valence-corrected chi connectivity index (χ4v) is 2.19. The van der Waals surface area contributed by atoms with E-state index in [9.17, 15) is 4.79 Å². The van der Waals surface area contributed by atoms with Crippen molar-refractivity contribution in [2.75, 3.05) is 17.2 Å². The lowest BCUT2D eigenvalue weighted by molar-refractivity contribution is 0.264. The fraction of sp³-hybridized carbons (Fsp3) is 0.300. The quantitative estimate of drug-likeness (QED) is 0.683. The maximum atomic E-state index is 11.5. The Labute approximate surface area is 81.9 Å². The summed E-state index contributed by atoms with van der Waals surface area (Å²) in [4.78, 5) is 13.3. The van der Waals surface area contributed by atoms with E-state index < -0.39 is 0 Å². The molecule has 68 valence electrons. The van der Waals surface area contributed by atoms with Crippen LogP contribution in [-0.2, 0) is 0 Å². The number of anilines is 1. The van der Waals surface area contributed by atoms with Crippen LogP contribution in [0.2, 0.25) is 0 Å². The first kappa shape index (κ1) is 8.63. The van der Waals surface area contributed by atoms with Crippen molar-refractivity contribution >= 4 is 22.7 Å². The molecule has 0 aliphatic carbocycles. The van der Waals surface area contributed by atoms with E-state index in [1.165, 1.54) is 11.8 Å². The van der Waals surface area contributed by atoms with E-state index >= 15 is 0 Å². The van der Waals surface area contributed by atoms with Gasteiger partial charge in [0.05, 0.1) is 0 Å². The summed E-state index contributed by atoms with van der Waals surface area (Å²) >= 11 is 1.41. The Morgan fingerprint density at radius 1 is 1.23 bits per heavy atom. The highest BCUT2D eigenvalue weighted by atomic mass is 32.2. The predicted molar refractivity (Wildman–Crippen MR) is 56.3 cm³/mol. The van der Waals surface area contributed by atoms with Gasteiger partial charge in [-0.25, -0.2) is 0 Å². The first-order chi connectivity index (χ1) is 6.38. The molecule has 1 aliphatic heterocycles. The van der Waals surface area contributed by atoms with Crippen LogP contribution in [0.1, 0.15) is 6.42 Å². The highest BCUT2D eigenvalue weighted by Crippen LogP contribution is 2.23. The molecular weight excluding hydrogens is 182 g/mol. The zero-order valence-electron chi connectivity index (χ0n) is 7.27. The minimum absolute atomic E-state index is 0.178. The Balaban J connectivity index is 2.20.